The number of methoxy groups -OCH3 is 2. The molecule has 1 N–H and O–H groups in total. The van der Waals surface area contributed by atoms with Crippen molar-refractivity contribution < 1.29 is 14.6 Å². The monoisotopic (exact) mass is 272 g/mol. The average molecular weight is 272 g/mol. The van der Waals surface area contributed by atoms with E-state index in [9.17, 15) is 5.11 Å². The summed E-state index contributed by atoms with van der Waals surface area (Å²) in [5.41, 5.74) is 2.26. The SMILES string of the molecule is COc1ccc(CC(CO)c2cccc(OC)c2)cc1. The van der Waals surface area contributed by atoms with Crippen LogP contribution >= 0.6 is 0 Å². The first-order chi connectivity index (χ1) is 9.76. The van der Waals surface area contributed by atoms with Crippen LogP contribution in [0.25, 0.3) is 0 Å². The number of rotatable bonds is 6. The van der Waals surface area contributed by atoms with Crippen molar-refractivity contribution in [2.75, 3.05) is 20.8 Å². The van der Waals surface area contributed by atoms with Gasteiger partial charge in [-0.1, -0.05) is 24.3 Å². The van der Waals surface area contributed by atoms with Gasteiger partial charge in [0.25, 0.3) is 0 Å². The Bertz CT molecular complexity index is 534. The molecular weight excluding hydrogens is 252 g/mol. The molecule has 2 aromatic rings. The van der Waals surface area contributed by atoms with Gasteiger partial charge in [-0.2, -0.15) is 0 Å². The van der Waals surface area contributed by atoms with Crippen molar-refractivity contribution in [3.05, 3.63) is 59.7 Å². The predicted molar refractivity (Wildman–Crippen MR) is 79.5 cm³/mol. The fourth-order valence-electron chi connectivity index (χ4n) is 2.23. The predicted octanol–water partition coefficient (Wildman–Crippen LogP) is 3.02. The van der Waals surface area contributed by atoms with Crippen LogP contribution in [0.1, 0.15) is 17.0 Å². The summed E-state index contributed by atoms with van der Waals surface area (Å²) in [6, 6.07) is 15.8. The van der Waals surface area contributed by atoms with Crippen molar-refractivity contribution in [1.29, 1.82) is 0 Å². The Kier molecular flexibility index (Phi) is 5.02. The minimum atomic E-state index is 0.0681. The molecule has 0 radical (unpaired) electrons. The molecule has 106 valence electrons. The van der Waals surface area contributed by atoms with Crippen molar-refractivity contribution in [2.24, 2.45) is 0 Å². The minimum absolute atomic E-state index is 0.0681. The molecule has 0 saturated heterocycles. The van der Waals surface area contributed by atoms with E-state index in [2.05, 4.69) is 0 Å². The van der Waals surface area contributed by atoms with Crippen molar-refractivity contribution in [3.8, 4) is 11.5 Å². The van der Waals surface area contributed by atoms with Gasteiger partial charge in [0, 0.05) is 5.92 Å². The number of benzene rings is 2. The minimum Gasteiger partial charge on any atom is -0.497 e. The fraction of sp³-hybridized carbons (Fsp3) is 0.294. The molecule has 3 nitrogen and oxygen atoms in total. The number of hydrogen-bond acceptors (Lipinski definition) is 3. The number of hydrogen-bond donors (Lipinski definition) is 1. The lowest BCUT2D eigenvalue weighted by atomic mass is 9.92. The zero-order chi connectivity index (χ0) is 14.4. The first-order valence-corrected chi connectivity index (χ1v) is 6.64. The molecular formula is C17H20O3. The lowest BCUT2D eigenvalue weighted by molar-refractivity contribution is 0.264. The van der Waals surface area contributed by atoms with E-state index in [1.165, 1.54) is 5.56 Å². The Morgan fingerprint density at radius 3 is 2.25 bits per heavy atom. The molecule has 20 heavy (non-hydrogen) atoms. The van der Waals surface area contributed by atoms with Crippen LogP contribution in [0.2, 0.25) is 0 Å². The molecule has 2 aromatic carbocycles. The van der Waals surface area contributed by atoms with Gasteiger partial charge < -0.3 is 14.6 Å². The van der Waals surface area contributed by atoms with Crippen LogP contribution in [0.4, 0.5) is 0 Å². The van der Waals surface area contributed by atoms with Crippen LogP contribution < -0.4 is 9.47 Å². The second kappa shape index (κ2) is 6.96. The summed E-state index contributed by atoms with van der Waals surface area (Å²) < 4.78 is 10.4. The summed E-state index contributed by atoms with van der Waals surface area (Å²) in [7, 11) is 3.30. The zero-order valence-corrected chi connectivity index (χ0v) is 11.9. The van der Waals surface area contributed by atoms with Crippen LogP contribution in [0.3, 0.4) is 0 Å². The Morgan fingerprint density at radius 2 is 1.65 bits per heavy atom. The molecule has 0 aliphatic heterocycles. The molecule has 1 atom stereocenters. The second-order valence-electron chi connectivity index (χ2n) is 4.71. The molecule has 0 bridgehead atoms. The van der Waals surface area contributed by atoms with Crippen LogP contribution in [0.5, 0.6) is 11.5 Å². The largest absolute Gasteiger partial charge is 0.497 e. The van der Waals surface area contributed by atoms with Crippen LogP contribution in [-0.2, 0) is 6.42 Å². The van der Waals surface area contributed by atoms with Gasteiger partial charge in [0.1, 0.15) is 11.5 Å². The first kappa shape index (κ1) is 14.4. The molecule has 2 rings (SSSR count). The quantitative estimate of drug-likeness (QED) is 0.878. The molecule has 1 unspecified atom stereocenters. The van der Waals surface area contributed by atoms with Crippen molar-refractivity contribution in [3.63, 3.8) is 0 Å². The Hall–Kier alpha value is -2.00. The van der Waals surface area contributed by atoms with E-state index in [4.69, 9.17) is 9.47 Å². The fourth-order valence-corrected chi connectivity index (χ4v) is 2.23. The molecule has 0 amide bonds. The maximum absolute atomic E-state index is 9.64. The van der Waals surface area contributed by atoms with Gasteiger partial charge in [0.15, 0.2) is 0 Å². The standard InChI is InChI=1S/C17H20O3/c1-19-16-8-6-13(7-9-16)10-15(12-18)14-4-3-5-17(11-14)20-2/h3-9,11,15,18H,10,12H2,1-2H3. The number of ether oxygens (including phenoxy) is 2. The summed E-state index contributed by atoms with van der Waals surface area (Å²) in [4.78, 5) is 0. The van der Waals surface area contributed by atoms with E-state index >= 15 is 0 Å². The molecule has 0 aromatic heterocycles. The van der Waals surface area contributed by atoms with Gasteiger partial charge in [-0.15, -0.1) is 0 Å². The molecule has 0 aliphatic carbocycles. The lowest BCUT2D eigenvalue weighted by Gasteiger charge is -2.16. The highest BCUT2D eigenvalue weighted by atomic mass is 16.5. The average Bonchev–Trinajstić information content (AvgIpc) is 2.53. The summed E-state index contributed by atoms with van der Waals surface area (Å²) in [5.74, 6) is 1.73. The van der Waals surface area contributed by atoms with E-state index in [0.717, 1.165) is 23.5 Å². The summed E-state index contributed by atoms with van der Waals surface area (Å²) in [6.45, 7) is 0.110. The molecule has 0 fully saturated rings. The van der Waals surface area contributed by atoms with Crippen molar-refractivity contribution >= 4 is 0 Å². The van der Waals surface area contributed by atoms with Gasteiger partial charge in [-0.3, -0.25) is 0 Å². The summed E-state index contributed by atoms with van der Waals surface area (Å²) in [6.07, 6.45) is 0.785. The molecule has 3 heteroatoms. The molecule has 0 saturated carbocycles. The normalized spacial score (nSPS) is 11.9. The summed E-state index contributed by atoms with van der Waals surface area (Å²) >= 11 is 0. The van der Waals surface area contributed by atoms with Crippen molar-refractivity contribution in [1.82, 2.24) is 0 Å². The third kappa shape index (κ3) is 3.52. The Balaban J connectivity index is 2.14. The van der Waals surface area contributed by atoms with Gasteiger partial charge in [0.2, 0.25) is 0 Å². The van der Waals surface area contributed by atoms with Gasteiger partial charge >= 0.3 is 0 Å². The highest BCUT2D eigenvalue weighted by Gasteiger charge is 2.12. The molecule has 0 aliphatic rings. The number of aliphatic hydroxyl groups is 1. The third-order valence-corrected chi connectivity index (χ3v) is 3.43. The third-order valence-electron chi connectivity index (χ3n) is 3.43. The topological polar surface area (TPSA) is 38.7 Å². The lowest BCUT2D eigenvalue weighted by Crippen LogP contribution is -2.08. The maximum Gasteiger partial charge on any atom is 0.119 e. The van der Waals surface area contributed by atoms with Gasteiger partial charge in [-0.05, 0) is 41.8 Å². The molecule has 0 heterocycles. The smallest absolute Gasteiger partial charge is 0.119 e. The highest BCUT2D eigenvalue weighted by molar-refractivity contribution is 5.33. The maximum atomic E-state index is 9.64. The zero-order valence-electron chi connectivity index (χ0n) is 11.9. The summed E-state index contributed by atoms with van der Waals surface area (Å²) in [5, 5.41) is 9.64. The van der Waals surface area contributed by atoms with E-state index in [1.807, 2.05) is 48.5 Å². The van der Waals surface area contributed by atoms with E-state index < -0.39 is 0 Å². The highest BCUT2D eigenvalue weighted by Crippen LogP contribution is 2.25. The first-order valence-electron chi connectivity index (χ1n) is 6.64. The van der Waals surface area contributed by atoms with Gasteiger partial charge in [0.05, 0.1) is 20.8 Å². The molecule has 0 spiro atoms. The van der Waals surface area contributed by atoms with Crippen molar-refractivity contribution in [2.45, 2.75) is 12.3 Å². The van der Waals surface area contributed by atoms with E-state index in [0.29, 0.717) is 0 Å². The number of aliphatic hydroxyl groups excluding tert-OH is 1. The Morgan fingerprint density at radius 1 is 0.950 bits per heavy atom. The van der Waals surface area contributed by atoms with E-state index in [-0.39, 0.29) is 12.5 Å². The van der Waals surface area contributed by atoms with Crippen LogP contribution in [-0.4, -0.2) is 25.9 Å². The van der Waals surface area contributed by atoms with Crippen LogP contribution in [0.15, 0.2) is 48.5 Å². The van der Waals surface area contributed by atoms with E-state index in [1.54, 1.807) is 14.2 Å². The second-order valence-corrected chi connectivity index (χ2v) is 4.71. The van der Waals surface area contributed by atoms with Gasteiger partial charge in [-0.25, -0.2) is 0 Å². The van der Waals surface area contributed by atoms with Crippen LogP contribution in [0, 0.1) is 0 Å². The Labute approximate surface area is 119 Å².